The summed E-state index contributed by atoms with van der Waals surface area (Å²) in [5.74, 6) is -0.880. The first-order valence-electron chi connectivity index (χ1n) is 14.2. The van der Waals surface area contributed by atoms with Crippen LogP contribution in [0.3, 0.4) is 0 Å². The van der Waals surface area contributed by atoms with E-state index in [1.54, 1.807) is 24.3 Å². The number of fused-ring (bicyclic) bond motifs is 1. The molecule has 2 aliphatic rings. The number of hydrogen-bond acceptors (Lipinski definition) is 6. The molecule has 2 atom stereocenters. The lowest BCUT2D eigenvalue weighted by molar-refractivity contribution is -0.136. The molecule has 1 fully saturated rings. The minimum absolute atomic E-state index is 0.00312. The molecule has 4 amide bonds. The van der Waals surface area contributed by atoms with Gasteiger partial charge in [-0.05, 0) is 64.4 Å². The lowest BCUT2D eigenvalue weighted by atomic mass is 9.80. The molecule has 1 aliphatic heterocycles. The summed E-state index contributed by atoms with van der Waals surface area (Å²) in [5, 5.41) is 11.9. The van der Waals surface area contributed by atoms with Crippen molar-refractivity contribution in [1.82, 2.24) is 26.2 Å². The largest absolute Gasteiger partial charge is 0.491 e. The summed E-state index contributed by atoms with van der Waals surface area (Å²) >= 11 is 0. The zero-order valence-corrected chi connectivity index (χ0v) is 23.8. The van der Waals surface area contributed by atoms with Crippen LogP contribution in [0.2, 0.25) is 0 Å². The molecule has 10 nitrogen and oxygen atoms in total. The summed E-state index contributed by atoms with van der Waals surface area (Å²) in [6.07, 6.45) is 4.68. The average molecular weight is 544 g/mol. The standard InChI is InChI=1S/C29H45N5O5/c1-20(2)23-19-39-24-12-7-6-11-21(24)26(36)31-22(27(37)30-17-10-18-34(3)4)13-14-25(35)33-29(28(38)32-23)15-8-5-9-16-29/h6-7,11-12,20,22-23H,5,8-10,13-19H2,1-4H3,(H,30,37)(H,31,36)(H,32,38)(H,33,35)/t22-,23+/m0/s1. The molecule has 1 aromatic carbocycles. The predicted octanol–water partition coefficient (Wildman–Crippen LogP) is 1.99. The Bertz CT molecular complexity index is 1010. The quantitative estimate of drug-likeness (QED) is 0.406. The summed E-state index contributed by atoms with van der Waals surface area (Å²) in [6.45, 7) is 5.42. The average Bonchev–Trinajstić information content (AvgIpc) is 2.91. The molecule has 1 aliphatic carbocycles. The van der Waals surface area contributed by atoms with Crippen molar-refractivity contribution in [3.05, 3.63) is 29.8 Å². The molecule has 0 saturated heterocycles. The molecular weight excluding hydrogens is 498 g/mol. The number of nitrogens with zero attached hydrogens (tertiary/aromatic N) is 1. The van der Waals surface area contributed by atoms with E-state index in [1.165, 1.54) is 0 Å². The smallest absolute Gasteiger partial charge is 0.255 e. The Morgan fingerprint density at radius 2 is 1.82 bits per heavy atom. The van der Waals surface area contributed by atoms with E-state index in [4.69, 9.17) is 4.74 Å². The summed E-state index contributed by atoms with van der Waals surface area (Å²) < 4.78 is 6.08. The van der Waals surface area contributed by atoms with Gasteiger partial charge in [-0.3, -0.25) is 19.2 Å². The topological polar surface area (TPSA) is 129 Å². The van der Waals surface area contributed by atoms with Gasteiger partial charge in [0.2, 0.25) is 17.7 Å². The van der Waals surface area contributed by atoms with Gasteiger partial charge in [-0.15, -0.1) is 0 Å². The van der Waals surface area contributed by atoms with Crippen LogP contribution in [0.1, 0.15) is 75.6 Å². The molecule has 1 spiro atoms. The first kappa shape index (κ1) is 30.4. The van der Waals surface area contributed by atoms with Crippen molar-refractivity contribution in [1.29, 1.82) is 0 Å². The highest BCUT2D eigenvalue weighted by Crippen LogP contribution is 2.29. The molecule has 1 aromatic rings. The molecule has 1 saturated carbocycles. The Hall–Kier alpha value is -3.14. The van der Waals surface area contributed by atoms with Gasteiger partial charge in [-0.2, -0.15) is 0 Å². The number of carbonyl (C=O) groups is 4. The zero-order chi connectivity index (χ0) is 28.4. The summed E-state index contributed by atoms with van der Waals surface area (Å²) in [6, 6.07) is 5.61. The van der Waals surface area contributed by atoms with Gasteiger partial charge in [0, 0.05) is 13.0 Å². The minimum atomic E-state index is -0.992. The Balaban J connectivity index is 1.88. The van der Waals surface area contributed by atoms with Gasteiger partial charge in [0.1, 0.15) is 23.9 Å². The van der Waals surface area contributed by atoms with Crippen LogP contribution in [0, 0.1) is 5.92 Å². The number of hydrogen-bond donors (Lipinski definition) is 4. The van der Waals surface area contributed by atoms with Crippen LogP contribution < -0.4 is 26.0 Å². The van der Waals surface area contributed by atoms with Crippen molar-refractivity contribution >= 4 is 23.6 Å². The van der Waals surface area contributed by atoms with Crippen LogP contribution in [0.25, 0.3) is 0 Å². The monoisotopic (exact) mass is 543 g/mol. The molecule has 4 N–H and O–H groups in total. The van der Waals surface area contributed by atoms with Crippen LogP contribution in [0.4, 0.5) is 0 Å². The van der Waals surface area contributed by atoms with Crippen molar-refractivity contribution in [2.75, 3.05) is 33.8 Å². The van der Waals surface area contributed by atoms with Crippen molar-refractivity contribution < 1.29 is 23.9 Å². The highest BCUT2D eigenvalue weighted by molar-refractivity contribution is 6.00. The number of ether oxygens (including phenoxy) is 1. The molecule has 39 heavy (non-hydrogen) atoms. The van der Waals surface area contributed by atoms with Crippen LogP contribution in [-0.4, -0.2) is 79.9 Å². The second-order valence-electron chi connectivity index (χ2n) is 11.3. The van der Waals surface area contributed by atoms with E-state index in [2.05, 4.69) is 21.3 Å². The second kappa shape index (κ2) is 14.3. The number of nitrogens with one attached hydrogen (secondary N) is 4. The van der Waals surface area contributed by atoms with Crippen molar-refractivity contribution in [2.24, 2.45) is 5.92 Å². The van der Waals surface area contributed by atoms with Gasteiger partial charge in [0.25, 0.3) is 5.91 Å². The summed E-state index contributed by atoms with van der Waals surface area (Å²) in [4.78, 5) is 55.3. The van der Waals surface area contributed by atoms with E-state index in [9.17, 15) is 19.2 Å². The van der Waals surface area contributed by atoms with Crippen LogP contribution in [0.5, 0.6) is 5.75 Å². The van der Waals surface area contributed by atoms with Crippen molar-refractivity contribution in [3.8, 4) is 5.75 Å². The highest BCUT2D eigenvalue weighted by atomic mass is 16.5. The SMILES string of the molecule is CC(C)[C@H]1COc2ccccc2C(=O)N[C@H](C(=O)NCCCN(C)C)CCC(=O)NC2(CCCCC2)C(=O)N1. The maximum absolute atomic E-state index is 13.6. The molecular formula is C29H45N5O5. The normalized spacial score (nSPS) is 22.6. The van der Waals surface area contributed by atoms with Crippen LogP contribution in [-0.2, 0) is 14.4 Å². The molecule has 3 rings (SSSR count). The molecule has 0 radical (unpaired) electrons. The fourth-order valence-corrected chi connectivity index (χ4v) is 5.07. The van der Waals surface area contributed by atoms with Gasteiger partial charge >= 0.3 is 0 Å². The number of amides is 4. The van der Waals surface area contributed by atoms with Crippen LogP contribution >= 0.6 is 0 Å². The molecule has 216 valence electrons. The molecule has 0 unspecified atom stereocenters. The van der Waals surface area contributed by atoms with Gasteiger partial charge in [0.15, 0.2) is 0 Å². The van der Waals surface area contributed by atoms with E-state index < -0.39 is 17.5 Å². The van der Waals surface area contributed by atoms with E-state index in [-0.39, 0.29) is 49.1 Å². The molecule has 0 aromatic heterocycles. The highest BCUT2D eigenvalue weighted by Gasteiger charge is 2.42. The van der Waals surface area contributed by atoms with E-state index in [1.807, 2.05) is 32.8 Å². The first-order chi connectivity index (χ1) is 18.6. The lowest BCUT2D eigenvalue weighted by Crippen LogP contribution is -2.62. The number of carbonyl (C=O) groups excluding carboxylic acids is 4. The number of para-hydroxylation sites is 1. The van der Waals surface area contributed by atoms with Crippen LogP contribution in [0.15, 0.2) is 24.3 Å². The van der Waals surface area contributed by atoms with E-state index in [0.29, 0.717) is 30.7 Å². The first-order valence-corrected chi connectivity index (χ1v) is 14.2. The lowest BCUT2D eigenvalue weighted by Gasteiger charge is -2.38. The molecule has 1 heterocycles. The predicted molar refractivity (Wildman–Crippen MR) is 149 cm³/mol. The zero-order valence-electron chi connectivity index (χ0n) is 23.8. The Morgan fingerprint density at radius 3 is 2.51 bits per heavy atom. The van der Waals surface area contributed by atoms with Gasteiger partial charge in [-0.25, -0.2) is 0 Å². The second-order valence-corrected chi connectivity index (χ2v) is 11.3. The molecule has 0 bridgehead atoms. The summed E-state index contributed by atoms with van der Waals surface area (Å²) in [5.41, 5.74) is -0.701. The van der Waals surface area contributed by atoms with Gasteiger partial charge in [0.05, 0.1) is 11.6 Å². The summed E-state index contributed by atoms with van der Waals surface area (Å²) in [7, 11) is 3.92. The third-order valence-corrected chi connectivity index (χ3v) is 7.55. The molecule has 10 heteroatoms. The maximum atomic E-state index is 13.6. The fourth-order valence-electron chi connectivity index (χ4n) is 5.07. The van der Waals surface area contributed by atoms with Gasteiger partial charge < -0.3 is 30.9 Å². The Morgan fingerprint density at radius 1 is 1.10 bits per heavy atom. The fraction of sp³-hybridized carbons (Fsp3) is 0.655. The van der Waals surface area contributed by atoms with Crippen molar-refractivity contribution in [2.45, 2.75) is 82.8 Å². The number of rotatable bonds is 6. The van der Waals surface area contributed by atoms with Gasteiger partial charge in [-0.1, -0.05) is 45.2 Å². The third kappa shape index (κ3) is 8.68. The Labute approximate surface area is 232 Å². The van der Waals surface area contributed by atoms with E-state index in [0.717, 1.165) is 32.2 Å². The van der Waals surface area contributed by atoms with Crippen molar-refractivity contribution in [3.63, 3.8) is 0 Å². The third-order valence-electron chi connectivity index (χ3n) is 7.55. The minimum Gasteiger partial charge on any atom is -0.491 e. The maximum Gasteiger partial charge on any atom is 0.255 e. The number of benzene rings is 1. The Kier molecular flexibility index (Phi) is 11.2. The van der Waals surface area contributed by atoms with E-state index >= 15 is 0 Å².